The zero-order valence-electron chi connectivity index (χ0n) is 19.4. The van der Waals surface area contributed by atoms with Crippen LogP contribution >= 0.6 is 0 Å². The maximum absolute atomic E-state index is 14.4. The van der Waals surface area contributed by atoms with Crippen molar-refractivity contribution in [3.05, 3.63) is 54.0 Å². The van der Waals surface area contributed by atoms with E-state index in [0.717, 1.165) is 0 Å². The third-order valence-electron chi connectivity index (χ3n) is 6.19. The molecule has 0 radical (unpaired) electrons. The van der Waals surface area contributed by atoms with Gasteiger partial charge in [-0.2, -0.15) is 13.2 Å². The second-order valence-corrected chi connectivity index (χ2v) is 8.72. The molecule has 0 saturated carbocycles. The van der Waals surface area contributed by atoms with Gasteiger partial charge in [0.25, 0.3) is 0 Å². The monoisotopic (exact) mass is 504 g/mol. The number of alkyl halides is 3. The predicted octanol–water partition coefficient (Wildman–Crippen LogP) is 3.75. The number of hydrogen-bond acceptors (Lipinski definition) is 7. The Hall–Kier alpha value is -3.35. The lowest BCUT2D eigenvalue weighted by atomic mass is 10.1. The molecule has 36 heavy (non-hydrogen) atoms. The minimum Gasteiger partial charge on any atom is -0.488 e. The normalized spacial score (nSPS) is 17.8. The first-order valence-electron chi connectivity index (χ1n) is 11.4. The zero-order chi connectivity index (χ0) is 25.4. The largest absolute Gasteiger partial charge is 0.488 e. The molecule has 0 aliphatic carbocycles. The molecule has 2 N–H and O–H groups in total. The van der Waals surface area contributed by atoms with E-state index in [1.165, 1.54) is 46.9 Å². The van der Waals surface area contributed by atoms with Gasteiger partial charge in [-0.25, -0.2) is 9.37 Å². The maximum Gasteiger partial charge on any atom is 0.408 e. The van der Waals surface area contributed by atoms with Crippen molar-refractivity contribution in [1.29, 1.82) is 0 Å². The van der Waals surface area contributed by atoms with Gasteiger partial charge in [0.2, 0.25) is 0 Å². The summed E-state index contributed by atoms with van der Waals surface area (Å²) in [5, 5.41) is 8.78. The number of ether oxygens (including phenoxy) is 2. The SMILES string of the molecule is COCCOc1cc2nc(-c3nnc4ccc([C@@H](N5CC[C@H](N)C5)C(F)(F)F)cn34)ccc2cc1F. The van der Waals surface area contributed by atoms with Crippen LogP contribution in [0, 0.1) is 5.82 Å². The number of fused-ring (bicyclic) bond motifs is 2. The molecule has 0 bridgehead atoms. The van der Waals surface area contributed by atoms with Crippen LogP contribution in [0.5, 0.6) is 5.75 Å². The molecule has 2 atom stereocenters. The molecule has 4 heterocycles. The summed E-state index contributed by atoms with van der Waals surface area (Å²) in [5.74, 6) is -0.251. The first-order chi connectivity index (χ1) is 17.2. The standard InChI is InChI=1S/C24H24F4N6O2/c1-35-8-9-36-20-11-19-14(10-17(20)25)2-4-18(30-19)23-32-31-21-5-3-15(12-34(21)23)22(24(26,27)28)33-7-6-16(29)13-33/h2-5,10-12,16,22H,6-9,13,29H2,1H3/t16-,22+/m0/s1. The summed E-state index contributed by atoms with van der Waals surface area (Å²) >= 11 is 0. The summed E-state index contributed by atoms with van der Waals surface area (Å²) in [6, 6.07) is 6.88. The molecule has 0 amide bonds. The fraction of sp³-hybridized carbons (Fsp3) is 0.375. The van der Waals surface area contributed by atoms with Gasteiger partial charge in [-0.3, -0.25) is 9.30 Å². The molecule has 12 heteroatoms. The van der Waals surface area contributed by atoms with Gasteiger partial charge < -0.3 is 15.2 Å². The number of likely N-dealkylation sites (tertiary alicyclic amines) is 1. The molecule has 0 unspecified atom stereocenters. The van der Waals surface area contributed by atoms with Crippen LogP contribution in [-0.2, 0) is 4.74 Å². The smallest absolute Gasteiger partial charge is 0.408 e. The summed E-state index contributed by atoms with van der Waals surface area (Å²) in [6.07, 6.45) is -2.59. The first-order valence-corrected chi connectivity index (χ1v) is 11.4. The second-order valence-electron chi connectivity index (χ2n) is 8.72. The topological polar surface area (TPSA) is 90.8 Å². The number of nitrogens with zero attached hydrogens (tertiary/aromatic N) is 5. The molecular weight excluding hydrogens is 480 g/mol. The Bertz CT molecular complexity index is 1390. The Morgan fingerprint density at radius 1 is 1.14 bits per heavy atom. The van der Waals surface area contributed by atoms with Gasteiger partial charge in [-0.05, 0) is 30.2 Å². The van der Waals surface area contributed by atoms with Gasteiger partial charge in [-0.1, -0.05) is 12.1 Å². The molecule has 1 aliphatic rings. The number of nitrogens with two attached hydrogens (primary N) is 1. The molecule has 0 spiro atoms. The van der Waals surface area contributed by atoms with E-state index in [2.05, 4.69) is 15.2 Å². The van der Waals surface area contributed by atoms with Crippen molar-refractivity contribution in [2.24, 2.45) is 5.73 Å². The van der Waals surface area contributed by atoms with Crippen LogP contribution in [-0.4, -0.2) is 70.1 Å². The van der Waals surface area contributed by atoms with Crippen molar-refractivity contribution in [3.63, 3.8) is 0 Å². The molecule has 1 aromatic carbocycles. The Morgan fingerprint density at radius 3 is 2.69 bits per heavy atom. The molecular formula is C24H24F4N6O2. The van der Waals surface area contributed by atoms with Gasteiger partial charge in [0, 0.05) is 43.9 Å². The quantitative estimate of drug-likeness (QED) is 0.303. The Labute approximate surface area is 203 Å². The molecule has 3 aromatic heterocycles. The van der Waals surface area contributed by atoms with Crippen molar-refractivity contribution in [2.75, 3.05) is 33.4 Å². The lowest BCUT2D eigenvalue weighted by Gasteiger charge is -2.30. The second kappa shape index (κ2) is 9.60. The van der Waals surface area contributed by atoms with Crippen molar-refractivity contribution in [1.82, 2.24) is 24.5 Å². The summed E-state index contributed by atoms with van der Waals surface area (Å²) in [7, 11) is 1.51. The van der Waals surface area contributed by atoms with Crippen molar-refractivity contribution in [2.45, 2.75) is 24.7 Å². The number of methoxy groups -OCH3 is 1. The Morgan fingerprint density at radius 2 is 1.97 bits per heavy atom. The molecule has 190 valence electrons. The maximum atomic E-state index is 14.4. The molecule has 4 aromatic rings. The lowest BCUT2D eigenvalue weighted by Crippen LogP contribution is -2.38. The highest BCUT2D eigenvalue weighted by Crippen LogP contribution is 2.39. The molecule has 1 saturated heterocycles. The molecule has 1 aliphatic heterocycles. The van der Waals surface area contributed by atoms with Crippen LogP contribution in [0.1, 0.15) is 18.0 Å². The summed E-state index contributed by atoms with van der Waals surface area (Å²) in [5.41, 5.74) is 7.11. The van der Waals surface area contributed by atoms with Gasteiger partial charge in [-0.15, -0.1) is 10.2 Å². The highest BCUT2D eigenvalue weighted by Gasteiger charge is 2.46. The summed E-state index contributed by atoms with van der Waals surface area (Å²) < 4.78 is 68.5. The average Bonchev–Trinajstić information content (AvgIpc) is 3.44. The number of hydrogen-bond donors (Lipinski definition) is 1. The van der Waals surface area contributed by atoms with E-state index in [1.54, 1.807) is 12.1 Å². The predicted molar refractivity (Wildman–Crippen MR) is 124 cm³/mol. The third kappa shape index (κ3) is 4.71. The van der Waals surface area contributed by atoms with Gasteiger partial charge in [0.15, 0.2) is 23.0 Å². The van der Waals surface area contributed by atoms with Crippen LogP contribution in [0.25, 0.3) is 28.1 Å². The van der Waals surface area contributed by atoms with Gasteiger partial charge in [0.1, 0.15) is 18.3 Å². The van der Waals surface area contributed by atoms with E-state index in [1.807, 2.05) is 0 Å². The van der Waals surface area contributed by atoms with Gasteiger partial charge in [0.05, 0.1) is 12.1 Å². The number of pyridine rings is 2. The minimum absolute atomic E-state index is 0.0226. The van der Waals surface area contributed by atoms with Crippen LogP contribution in [0.4, 0.5) is 17.6 Å². The van der Waals surface area contributed by atoms with E-state index in [0.29, 0.717) is 35.3 Å². The first kappa shape index (κ1) is 24.3. The molecule has 1 fully saturated rings. The third-order valence-corrected chi connectivity index (χ3v) is 6.19. The highest BCUT2D eigenvalue weighted by atomic mass is 19.4. The fourth-order valence-corrected chi connectivity index (χ4v) is 4.49. The van der Waals surface area contributed by atoms with E-state index >= 15 is 0 Å². The molecule has 5 rings (SSSR count). The molecule has 8 nitrogen and oxygen atoms in total. The Kier molecular flexibility index (Phi) is 6.49. The number of halogens is 4. The van der Waals surface area contributed by atoms with E-state index in [9.17, 15) is 17.6 Å². The number of rotatable bonds is 7. The van der Waals surface area contributed by atoms with E-state index in [-0.39, 0.29) is 42.9 Å². The average molecular weight is 504 g/mol. The van der Waals surface area contributed by atoms with E-state index < -0.39 is 18.0 Å². The zero-order valence-corrected chi connectivity index (χ0v) is 19.4. The fourth-order valence-electron chi connectivity index (χ4n) is 4.49. The van der Waals surface area contributed by atoms with Crippen LogP contribution in [0.15, 0.2) is 42.6 Å². The number of aromatic nitrogens is 4. The Balaban J connectivity index is 1.54. The highest BCUT2D eigenvalue weighted by molar-refractivity contribution is 5.82. The van der Waals surface area contributed by atoms with E-state index in [4.69, 9.17) is 15.2 Å². The van der Waals surface area contributed by atoms with Gasteiger partial charge >= 0.3 is 6.18 Å². The van der Waals surface area contributed by atoms with Crippen molar-refractivity contribution in [3.8, 4) is 17.3 Å². The summed E-state index contributed by atoms with van der Waals surface area (Å²) in [4.78, 5) is 5.91. The van der Waals surface area contributed by atoms with Crippen molar-refractivity contribution < 1.29 is 27.0 Å². The number of benzene rings is 1. The minimum atomic E-state index is -4.49. The van der Waals surface area contributed by atoms with Crippen molar-refractivity contribution >= 4 is 16.6 Å². The summed E-state index contributed by atoms with van der Waals surface area (Å²) in [6.45, 7) is 0.880. The van der Waals surface area contributed by atoms with Crippen LogP contribution in [0.3, 0.4) is 0 Å². The van der Waals surface area contributed by atoms with Crippen LogP contribution < -0.4 is 10.5 Å². The van der Waals surface area contributed by atoms with Crippen LogP contribution in [0.2, 0.25) is 0 Å². The lowest BCUT2D eigenvalue weighted by molar-refractivity contribution is -0.183.